The van der Waals surface area contributed by atoms with Gasteiger partial charge in [-0.15, -0.1) is 0 Å². The molecule has 15 N–H and O–H groups in total. The maximum atomic E-state index is 12.8. The van der Waals surface area contributed by atoms with Crippen LogP contribution in [0.2, 0.25) is 0 Å². The number of rotatable bonds is 15. The lowest BCUT2D eigenvalue weighted by atomic mass is 9.94. The average Bonchev–Trinajstić information content (AvgIpc) is 3.23. The molecule has 0 unspecified atom stereocenters. The van der Waals surface area contributed by atoms with Gasteiger partial charge in [0.25, 0.3) is 0 Å². The highest BCUT2D eigenvalue weighted by atomic mass is 16.8. The Bertz CT molecular complexity index is 1440. The fourth-order valence-electron chi connectivity index (χ4n) is 7.93. The van der Waals surface area contributed by atoms with Crippen molar-refractivity contribution in [3.63, 3.8) is 0 Å². The zero-order chi connectivity index (χ0) is 45.9. The molecule has 27 nitrogen and oxygen atoms in total. The van der Waals surface area contributed by atoms with E-state index in [0.29, 0.717) is 0 Å². The molecule has 0 aromatic rings. The van der Waals surface area contributed by atoms with Crippen molar-refractivity contribution in [2.45, 2.75) is 174 Å². The Kier molecular flexibility index (Phi) is 18.1. The number of carbonyl (C=O) groups is 2. The summed E-state index contributed by atoms with van der Waals surface area (Å²) in [5, 5.41) is 142. The van der Waals surface area contributed by atoms with Crippen LogP contribution in [0.15, 0.2) is 0 Å². The normalized spacial score (nSPS) is 49.0. The third-order valence-electron chi connectivity index (χ3n) is 11.3. The molecule has 5 saturated heterocycles. The second-order valence-electron chi connectivity index (χ2n) is 15.7. The lowest BCUT2D eigenvalue weighted by Gasteiger charge is -2.50. The molecule has 2 amide bonds. The summed E-state index contributed by atoms with van der Waals surface area (Å²) in [6, 6.07) is -3.16. The van der Waals surface area contributed by atoms with E-state index >= 15 is 0 Å². The molecule has 27 heteroatoms. The van der Waals surface area contributed by atoms with Gasteiger partial charge in [-0.3, -0.25) is 9.59 Å². The van der Waals surface area contributed by atoms with E-state index < -0.39 is 192 Å². The Morgan fingerprint density at radius 2 is 0.952 bits per heavy atom. The first kappa shape index (κ1) is 51.0. The number of aliphatic hydroxyl groups excluding tert-OH is 13. The molecule has 0 bridgehead atoms. The third kappa shape index (κ3) is 11.0. The Morgan fingerprint density at radius 3 is 1.52 bits per heavy atom. The van der Waals surface area contributed by atoms with Crippen molar-refractivity contribution >= 4 is 11.8 Å². The second kappa shape index (κ2) is 22.0. The van der Waals surface area contributed by atoms with Gasteiger partial charge in [0.05, 0.1) is 32.5 Å². The lowest BCUT2D eigenvalue weighted by molar-refractivity contribution is -0.377. The second-order valence-corrected chi connectivity index (χ2v) is 15.7. The predicted molar refractivity (Wildman–Crippen MR) is 193 cm³/mol. The minimum atomic E-state index is -1.98. The SMILES string of the molecule is CO[C@H]1[C@@H](O)[C@@H](CO)O[C@@H](O[C@H]2[C@H](O[C@@H]3O[C@@H](C)[C@@H](O)[C@@H](O)[C@@H]3O)[C@@H](NC(C)=O)[C@H](OC[C@H]3O[C@H](O)[C@H](NC(C)=O)[C@@H](O[C@@H]4O[C@H](CO)[C@H](O)[C@H](O)[C@H]4O)[C@H]3O)O[C@@H]2CO)[C@@H]1O. The summed E-state index contributed by atoms with van der Waals surface area (Å²) in [4.78, 5) is 24.9. The molecule has 5 rings (SSSR count). The Morgan fingerprint density at radius 1 is 0.484 bits per heavy atom. The topological polar surface area (TPSA) is 413 Å². The highest BCUT2D eigenvalue weighted by molar-refractivity contribution is 5.73. The van der Waals surface area contributed by atoms with Gasteiger partial charge in [-0.2, -0.15) is 0 Å². The minimum absolute atomic E-state index is 0.732. The summed E-state index contributed by atoms with van der Waals surface area (Å²) in [5.41, 5.74) is 0. The maximum absolute atomic E-state index is 12.8. The highest BCUT2D eigenvalue weighted by Crippen LogP contribution is 2.35. The molecule has 5 heterocycles. The summed E-state index contributed by atoms with van der Waals surface area (Å²) in [6.07, 6.45) is -39.0. The van der Waals surface area contributed by atoms with Crippen LogP contribution in [-0.4, -0.2) is 265 Å². The third-order valence-corrected chi connectivity index (χ3v) is 11.3. The van der Waals surface area contributed by atoms with Gasteiger partial charge in [-0.05, 0) is 6.92 Å². The Balaban J connectivity index is 1.45. The van der Waals surface area contributed by atoms with Crippen molar-refractivity contribution in [3.8, 4) is 0 Å². The monoisotopic (exact) mass is 908 g/mol. The standard InChI is InChI=1S/C35H60N2O25/c1-9-18(43)22(47)24(49)33(55-9)62-29-17(37-11(3)42)32(59-14(7-40)27(29)60-35-26(51)30(53-4)20(45)13(6-39)58-35)54-8-15-21(46)28(16(31(52)56-15)36-10(2)41)61-34-25(50)23(48)19(44)12(5-38)57-34/h9,12-35,38-40,43-52H,5-8H2,1-4H3,(H,36,41)(H,37,42)/t9-,12+,13+,14+,15+,16+,17+,18+,19-,20-,21-,22+,23-,24-,25+,26+,27+,28+,29+,30-,31-,32+,33-,34-,35-/m0/s1. The first-order chi connectivity index (χ1) is 29.3. The Labute approximate surface area is 353 Å². The van der Waals surface area contributed by atoms with Crippen molar-refractivity contribution in [2.75, 3.05) is 33.5 Å². The van der Waals surface area contributed by atoms with Crippen LogP contribution < -0.4 is 10.6 Å². The number of ether oxygens (including phenoxy) is 10. The zero-order valence-electron chi connectivity index (χ0n) is 34.0. The molecule has 0 saturated carbocycles. The number of hydrogen-bond donors (Lipinski definition) is 15. The fourth-order valence-corrected chi connectivity index (χ4v) is 7.93. The first-order valence-electron chi connectivity index (χ1n) is 19.8. The van der Waals surface area contributed by atoms with Crippen molar-refractivity contribution < 1.29 is 123 Å². The van der Waals surface area contributed by atoms with E-state index in [1.807, 2.05) is 0 Å². The van der Waals surface area contributed by atoms with Crippen LogP contribution >= 0.6 is 0 Å². The molecule has 0 aromatic heterocycles. The van der Waals surface area contributed by atoms with Gasteiger partial charge >= 0.3 is 0 Å². The van der Waals surface area contributed by atoms with Gasteiger partial charge in [-0.25, -0.2) is 0 Å². The van der Waals surface area contributed by atoms with E-state index in [2.05, 4.69) is 10.6 Å². The van der Waals surface area contributed by atoms with Crippen molar-refractivity contribution in [2.24, 2.45) is 0 Å². The van der Waals surface area contributed by atoms with Crippen molar-refractivity contribution in [1.82, 2.24) is 10.6 Å². The van der Waals surface area contributed by atoms with E-state index in [4.69, 9.17) is 47.4 Å². The van der Waals surface area contributed by atoms with Gasteiger partial charge in [0.1, 0.15) is 116 Å². The summed E-state index contributed by atoms with van der Waals surface area (Å²) < 4.78 is 57.6. The maximum Gasteiger partial charge on any atom is 0.217 e. The number of methoxy groups -OCH3 is 1. The van der Waals surface area contributed by atoms with Crippen LogP contribution in [0.3, 0.4) is 0 Å². The summed E-state index contributed by atoms with van der Waals surface area (Å²) in [7, 11) is 1.16. The van der Waals surface area contributed by atoms with E-state index in [1.165, 1.54) is 6.92 Å². The largest absolute Gasteiger partial charge is 0.394 e. The average molecular weight is 909 g/mol. The number of amides is 2. The Hall–Kier alpha value is -1.98. The molecular weight excluding hydrogens is 848 g/mol. The highest BCUT2D eigenvalue weighted by Gasteiger charge is 2.56. The van der Waals surface area contributed by atoms with Crippen molar-refractivity contribution in [3.05, 3.63) is 0 Å². The van der Waals surface area contributed by atoms with Gasteiger partial charge in [0, 0.05) is 21.0 Å². The molecule has 0 aliphatic carbocycles. The van der Waals surface area contributed by atoms with E-state index in [0.717, 1.165) is 21.0 Å². The smallest absolute Gasteiger partial charge is 0.217 e. The summed E-state index contributed by atoms with van der Waals surface area (Å²) in [6.45, 7) is 0.187. The number of aliphatic hydroxyl groups is 13. The van der Waals surface area contributed by atoms with Crippen LogP contribution in [0.4, 0.5) is 0 Å². The molecule has 5 fully saturated rings. The van der Waals surface area contributed by atoms with E-state index in [-0.39, 0.29) is 0 Å². The van der Waals surface area contributed by atoms with Gasteiger partial charge in [0.15, 0.2) is 31.5 Å². The fraction of sp³-hybridized carbons (Fsp3) is 0.943. The van der Waals surface area contributed by atoms with Gasteiger partial charge in [-0.1, -0.05) is 0 Å². The molecule has 0 radical (unpaired) electrons. The number of hydrogen-bond acceptors (Lipinski definition) is 25. The number of nitrogens with one attached hydrogen (secondary N) is 2. The first-order valence-corrected chi connectivity index (χ1v) is 19.8. The molecule has 0 aromatic carbocycles. The lowest BCUT2D eigenvalue weighted by Crippen LogP contribution is -2.70. The summed E-state index contributed by atoms with van der Waals surface area (Å²) >= 11 is 0. The van der Waals surface area contributed by atoms with Crippen LogP contribution in [0.5, 0.6) is 0 Å². The van der Waals surface area contributed by atoms with Gasteiger partial charge < -0.3 is 124 Å². The number of carbonyl (C=O) groups excluding carboxylic acids is 2. The van der Waals surface area contributed by atoms with Crippen LogP contribution in [-0.2, 0) is 57.0 Å². The predicted octanol–water partition coefficient (Wildman–Crippen LogP) is -9.96. The molecule has 5 aliphatic rings. The van der Waals surface area contributed by atoms with Gasteiger partial charge in [0.2, 0.25) is 11.8 Å². The molecule has 62 heavy (non-hydrogen) atoms. The molecule has 5 aliphatic heterocycles. The van der Waals surface area contributed by atoms with Crippen LogP contribution in [0.25, 0.3) is 0 Å². The molecule has 360 valence electrons. The molecule has 0 spiro atoms. The zero-order valence-corrected chi connectivity index (χ0v) is 34.0. The minimum Gasteiger partial charge on any atom is -0.394 e. The van der Waals surface area contributed by atoms with Crippen LogP contribution in [0.1, 0.15) is 20.8 Å². The molecular formula is C35H60N2O25. The van der Waals surface area contributed by atoms with Crippen molar-refractivity contribution in [1.29, 1.82) is 0 Å². The van der Waals surface area contributed by atoms with E-state index in [1.54, 1.807) is 0 Å². The summed E-state index contributed by atoms with van der Waals surface area (Å²) in [5.74, 6) is -1.49. The van der Waals surface area contributed by atoms with Crippen LogP contribution in [0, 0.1) is 0 Å². The van der Waals surface area contributed by atoms with E-state index in [9.17, 15) is 76.0 Å². The molecule has 25 atom stereocenters. The quantitative estimate of drug-likeness (QED) is 0.0725.